The van der Waals surface area contributed by atoms with Gasteiger partial charge in [0.1, 0.15) is 18.5 Å². The average molecular weight is 488 g/mol. The Kier molecular flexibility index (Phi) is 7.93. The summed E-state index contributed by atoms with van der Waals surface area (Å²) < 4.78 is 13.3. The molecule has 0 bridgehead atoms. The van der Waals surface area contributed by atoms with E-state index in [4.69, 9.17) is 31.2 Å². The molecule has 1 fully saturated rings. The molecule has 1 unspecified atom stereocenters. The number of hydrogen-bond acceptors (Lipinski definition) is 7. The summed E-state index contributed by atoms with van der Waals surface area (Å²) in [5.74, 6) is 0.590. The number of anilines is 1. The van der Waals surface area contributed by atoms with Crippen LogP contribution >= 0.6 is 11.6 Å². The highest BCUT2D eigenvalue weighted by Crippen LogP contribution is 2.35. The fourth-order valence-electron chi connectivity index (χ4n) is 4.28. The number of pyridine rings is 1. The first-order valence-corrected chi connectivity index (χ1v) is 12.2. The highest BCUT2D eigenvalue weighted by molar-refractivity contribution is 6.31. The standard InChI is InChI=1S/C25H34ClN5O3/c1-15(2)31-25-24(16(3)30-31)23(28-19-5-7-33-8-6-19)12-22(29-25)17-9-18(26)11-21(10-17)34-14-20(32)13-27-4/h9-12,15,19-20,27,32H,5-8,13-14H2,1-4H3,(H,28,29). The van der Waals surface area contributed by atoms with Gasteiger partial charge in [-0.3, -0.25) is 0 Å². The van der Waals surface area contributed by atoms with Crippen molar-refractivity contribution in [1.82, 2.24) is 20.1 Å². The van der Waals surface area contributed by atoms with Gasteiger partial charge in [0, 0.05) is 48.1 Å². The Morgan fingerprint density at radius 2 is 2.00 bits per heavy atom. The zero-order valence-corrected chi connectivity index (χ0v) is 21.0. The molecule has 0 amide bonds. The lowest BCUT2D eigenvalue weighted by Gasteiger charge is -2.25. The number of benzene rings is 1. The van der Waals surface area contributed by atoms with Crippen molar-refractivity contribution in [3.05, 3.63) is 35.0 Å². The molecule has 0 aliphatic carbocycles. The summed E-state index contributed by atoms with van der Waals surface area (Å²) in [5, 5.41) is 23.0. The third-order valence-corrected chi connectivity index (χ3v) is 6.17. The number of aromatic nitrogens is 3. The average Bonchev–Trinajstić information content (AvgIpc) is 3.15. The number of hydrogen-bond donors (Lipinski definition) is 3. The molecule has 1 saturated heterocycles. The number of rotatable bonds is 9. The zero-order valence-electron chi connectivity index (χ0n) is 20.3. The Hall–Kier alpha value is -2.39. The van der Waals surface area contributed by atoms with Crippen molar-refractivity contribution >= 4 is 28.3 Å². The van der Waals surface area contributed by atoms with E-state index < -0.39 is 6.10 Å². The van der Waals surface area contributed by atoms with Crippen LogP contribution in [-0.4, -0.2) is 65.4 Å². The predicted molar refractivity (Wildman–Crippen MR) is 136 cm³/mol. The minimum Gasteiger partial charge on any atom is -0.491 e. The normalized spacial score (nSPS) is 15.7. The van der Waals surface area contributed by atoms with Gasteiger partial charge in [-0.25, -0.2) is 9.67 Å². The van der Waals surface area contributed by atoms with Gasteiger partial charge in [0.15, 0.2) is 5.65 Å². The van der Waals surface area contributed by atoms with Crippen LogP contribution in [-0.2, 0) is 4.74 Å². The number of halogens is 1. The fraction of sp³-hybridized carbons (Fsp3) is 0.520. The Bertz CT molecular complexity index is 1130. The SMILES string of the molecule is CNCC(O)COc1cc(Cl)cc(-c2cc(NC3CCOCC3)c3c(C)nn(C(C)C)c3n2)c1. The van der Waals surface area contributed by atoms with E-state index in [2.05, 4.69) is 30.5 Å². The number of aliphatic hydroxyl groups excluding tert-OH is 1. The van der Waals surface area contributed by atoms with Crippen molar-refractivity contribution in [2.24, 2.45) is 0 Å². The van der Waals surface area contributed by atoms with E-state index in [1.165, 1.54) is 0 Å². The van der Waals surface area contributed by atoms with Gasteiger partial charge in [-0.1, -0.05) is 11.6 Å². The summed E-state index contributed by atoms with van der Waals surface area (Å²) in [4.78, 5) is 5.01. The van der Waals surface area contributed by atoms with Gasteiger partial charge in [0.25, 0.3) is 0 Å². The van der Waals surface area contributed by atoms with Gasteiger partial charge in [-0.15, -0.1) is 0 Å². The molecule has 0 radical (unpaired) electrons. The summed E-state index contributed by atoms with van der Waals surface area (Å²) in [7, 11) is 1.79. The molecule has 1 atom stereocenters. The molecule has 1 aromatic carbocycles. The monoisotopic (exact) mass is 487 g/mol. The van der Waals surface area contributed by atoms with E-state index in [0.29, 0.717) is 23.4 Å². The molecule has 0 saturated carbocycles. The van der Waals surface area contributed by atoms with Crippen LogP contribution in [0.5, 0.6) is 5.75 Å². The number of likely N-dealkylation sites (N-methyl/N-ethyl adjacent to an activating group) is 1. The molecule has 4 rings (SSSR count). The molecule has 0 spiro atoms. The van der Waals surface area contributed by atoms with Gasteiger partial charge in [-0.05, 0) is 64.9 Å². The van der Waals surface area contributed by atoms with Crippen molar-refractivity contribution in [3.8, 4) is 17.0 Å². The highest BCUT2D eigenvalue weighted by atomic mass is 35.5. The van der Waals surface area contributed by atoms with E-state index in [0.717, 1.165) is 59.7 Å². The molecule has 1 aliphatic rings. The zero-order chi connectivity index (χ0) is 24.2. The molecule has 184 valence electrons. The number of ether oxygens (including phenoxy) is 2. The lowest BCUT2D eigenvalue weighted by Crippen LogP contribution is -2.29. The topological polar surface area (TPSA) is 93.5 Å². The summed E-state index contributed by atoms with van der Waals surface area (Å²) >= 11 is 6.45. The van der Waals surface area contributed by atoms with Crippen LogP contribution in [0.25, 0.3) is 22.3 Å². The van der Waals surface area contributed by atoms with E-state index in [9.17, 15) is 5.11 Å². The van der Waals surface area contributed by atoms with Crippen molar-refractivity contribution in [2.75, 3.05) is 38.7 Å². The fourth-order valence-corrected chi connectivity index (χ4v) is 4.50. The van der Waals surface area contributed by atoms with Gasteiger partial charge in [-0.2, -0.15) is 5.10 Å². The van der Waals surface area contributed by atoms with Crippen molar-refractivity contribution in [3.63, 3.8) is 0 Å². The van der Waals surface area contributed by atoms with Crippen LogP contribution in [0.1, 0.15) is 38.4 Å². The molecule has 3 N–H and O–H groups in total. The van der Waals surface area contributed by atoms with Gasteiger partial charge >= 0.3 is 0 Å². The summed E-state index contributed by atoms with van der Waals surface area (Å²) in [6.07, 6.45) is 1.31. The first kappa shape index (κ1) is 24.7. The first-order valence-electron chi connectivity index (χ1n) is 11.9. The number of fused-ring (bicyclic) bond motifs is 1. The maximum atomic E-state index is 10.0. The maximum absolute atomic E-state index is 10.0. The summed E-state index contributed by atoms with van der Waals surface area (Å²) in [6, 6.07) is 8.12. The van der Waals surface area contributed by atoms with Crippen molar-refractivity contribution in [2.45, 2.75) is 51.8 Å². The van der Waals surface area contributed by atoms with Crippen LogP contribution in [0.3, 0.4) is 0 Å². The molecular weight excluding hydrogens is 454 g/mol. The van der Waals surface area contributed by atoms with Crippen LogP contribution in [0.2, 0.25) is 5.02 Å². The van der Waals surface area contributed by atoms with E-state index >= 15 is 0 Å². The van der Waals surface area contributed by atoms with E-state index in [1.807, 2.05) is 23.7 Å². The number of nitrogens with zero attached hydrogens (tertiary/aromatic N) is 3. The second kappa shape index (κ2) is 10.9. The van der Waals surface area contributed by atoms with Crippen LogP contribution < -0.4 is 15.4 Å². The number of aryl methyl sites for hydroxylation is 1. The lowest BCUT2D eigenvalue weighted by atomic mass is 10.1. The van der Waals surface area contributed by atoms with E-state index in [1.54, 1.807) is 13.1 Å². The molecule has 3 aromatic rings. The minimum atomic E-state index is -0.611. The quantitative estimate of drug-likeness (QED) is 0.416. The second-order valence-corrected chi connectivity index (χ2v) is 9.54. The maximum Gasteiger partial charge on any atom is 0.161 e. The van der Waals surface area contributed by atoms with Crippen LogP contribution in [0.15, 0.2) is 24.3 Å². The second-order valence-electron chi connectivity index (χ2n) is 9.11. The molecular formula is C25H34ClN5O3. The summed E-state index contributed by atoms with van der Waals surface area (Å²) in [5.41, 5.74) is 4.43. The smallest absolute Gasteiger partial charge is 0.161 e. The van der Waals surface area contributed by atoms with Gasteiger partial charge in [0.05, 0.1) is 16.8 Å². The van der Waals surface area contributed by atoms with Crippen molar-refractivity contribution in [1.29, 1.82) is 0 Å². The molecule has 3 heterocycles. The highest BCUT2D eigenvalue weighted by Gasteiger charge is 2.21. The lowest BCUT2D eigenvalue weighted by molar-refractivity contribution is 0.0905. The Morgan fingerprint density at radius 3 is 2.71 bits per heavy atom. The Balaban J connectivity index is 1.75. The Labute approximate surface area is 205 Å². The van der Waals surface area contributed by atoms with Crippen LogP contribution in [0, 0.1) is 6.92 Å². The molecule has 8 nitrogen and oxygen atoms in total. The largest absolute Gasteiger partial charge is 0.491 e. The number of aliphatic hydroxyl groups is 1. The first-order chi connectivity index (χ1) is 16.4. The molecule has 2 aromatic heterocycles. The molecule has 9 heteroatoms. The third kappa shape index (κ3) is 5.63. The van der Waals surface area contributed by atoms with E-state index in [-0.39, 0.29) is 12.6 Å². The molecule has 1 aliphatic heterocycles. The third-order valence-electron chi connectivity index (χ3n) is 5.96. The van der Waals surface area contributed by atoms with Gasteiger partial charge in [0.2, 0.25) is 0 Å². The predicted octanol–water partition coefficient (Wildman–Crippen LogP) is 4.19. The Morgan fingerprint density at radius 1 is 1.24 bits per heavy atom. The minimum absolute atomic E-state index is 0.168. The molecule has 34 heavy (non-hydrogen) atoms. The number of nitrogens with one attached hydrogen (secondary N) is 2. The summed E-state index contributed by atoms with van der Waals surface area (Å²) in [6.45, 7) is 8.38. The van der Waals surface area contributed by atoms with Crippen LogP contribution in [0.4, 0.5) is 5.69 Å². The van der Waals surface area contributed by atoms with Crippen molar-refractivity contribution < 1.29 is 14.6 Å². The van der Waals surface area contributed by atoms with Gasteiger partial charge < -0.3 is 25.2 Å².